The molecule has 1 unspecified atom stereocenters. The summed E-state index contributed by atoms with van der Waals surface area (Å²) in [6.45, 7) is 10.3. The van der Waals surface area contributed by atoms with Crippen molar-refractivity contribution in [2.24, 2.45) is 5.92 Å². The summed E-state index contributed by atoms with van der Waals surface area (Å²) in [4.78, 5) is 2.59. The maximum Gasteiger partial charge on any atom is 0.122 e. The van der Waals surface area contributed by atoms with Crippen LogP contribution in [0.5, 0.6) is 5.75 Å². The molecule has 0 spiro atoms. The fourth-order valence-electron chi connectivity index (χ4n) is 2.92. The van der Waals surface area contributed by atoms with Gasteiger partial charge in [-0.3, -0.25) is 4.90 Å². The molecule has 0 bridgehead atoms. The van der Waals surface area contributed by atoms with Crippen molar-refractivity contribution in [3.8, 4) is 5.75 Å². The van der Waals surface area contributed by atoms with Gasteiger partial charge in [0.15, 0.2) is 0 Å². The third-order valence-corrected chi connectivity index (χ3v) is 4.20. The van der Waals surface area contributed by atoms with Crippen molar-refractivity contribution in [1.29, 1.82) is 0 Å². The maximum atomic E-state index is 5.37. The lowest BCUT2D eigenvalue weighted by molar-refractivity contribution is 0.176. The van der Waals surface area contributed by atoms with Crippen LogP contribution in [0.3, 0.4) is 0 Å². The van der Waals surface area contributed by atoms with Crippen LogP contribution < -0.4 is 4.74 Å². The van der Waals surface area contributed by atoms with E-state index in [0.29, 0.717) is 0 Å². The van der Waals surface area contributed by atoms with Crippen molar-refractivity contribution in [3.63, 3.8) is 0 Å². The molecule has 1 aliphatic heterocycles. The van der Waals surface area contributed by atoms with E-state index >= 15 is 0 Å². The summed E-state index contributed by atoms with van der Waals surface area (Å²) < 4.78 is 5.37. The fraction of sp³-hybridized carbons (Fsp3) is 0.625. The van der Waals surface area contributed by atoms with E-state index < -0.39 is 0 Å². The van der Waals surface area contributed by atoms with E-state index in [4.69, 9.17) is 4.74 Å². The maximum absolute atomic E-state index is 5.37. The molecule has 0 saturated carbocycles. The SMILES string of the molecule is COc1ccc(CN2CCCC(C)C2)c(C)c1C. The Balaban J connectivity index is 2.12. The van der Waals surface area contributed by atoms with Crippen molar-refractivity contribution in [2.75, 3.05) is 20.2 Å². The average molecular weight is 247 g/mol. The first kappa shape index (κ1) is 13.4. The highest BCUT2D eigenvalue weighted by Crippen LogP contribution is 2.26. The number of rotatable bonds is 3. The van der Waals surface area contributed by atoms with Gasteiger partial charge in [-0.2, -0.15) is 0 Å². The molecule has 2 nitrogen and oxygen atoms in total. The Labute approximate surface area is 111 Å². The number of benzene rings is 1. The largest absolute Gasteiger partial charge is 0.496 e. The Morgan fingerprint density at radius 2 is 2.06 bits per heavy atom. The lowest BCUT2D eigenvalue weighted by Gasteiger charge is -2.31. The van der Waals surface area contributed by atoms with E-state index in [-0.39, 0.29) is 0 Å². The third kappa shape index (κ3) is 2.86. The second kappa shape index (κ2) is 5.75. The molecule has 0 aliphatic carbocycles. The molecular formula is C16H25NO. The van der Waals surface area contributed by atoms with Crippen LogP contribution in [0.2, 0.25) is 0 Å². The highest BCUT2D eigenvalue weighted by molar-refractivity contribution is 5.43. The van der Waals surface area contributed by atoms with Gasteiger partial charge in [-0.25, -0.2) is 0 Å². The fourth-order valence-corrected chi connectivity index (χ4v) is 2.92. The molecular weight excluding hydrogens is 222 g/mol. The highest BCUT2D eigenvalue weighted by atomic mass is 16.5. The Hall–Kier alpha value is -1.02. The first-order valence-corrected chi connectivity index (χ1v) is 6.97. The Kier molecular flexibility index (Phi) is 4.28. The van der Waals surface area contributed by atoms with Crippen molar-refractivity contribution in [2.45, 2.75) is 40.2 Å². The summed E-state index contributed by atoms with van der Waals surface area (Å²) in [6, 6.07) is 4.32. The minimum atomic E-state index is 0.846. The van der Waals surface area contributed by atoms with Gasteiger partial charge in [0, 0.05) is 13.1 Å². The molecule has 0 radical (unpaired) electrons. The molecule has 0 amide bonds. The number of hydrogen-bond donors (Lipinski definition) is 0. The van der Waals surface area contributed by atoms with Gasteiger partial charge < -0.3 is 4.74 Å². The molecule has 1 atom stereocenters. The van der Waals surface area contributed by atoms with Crippen molar-refractivity contribution in [1.82, 2.24) is 4.90 Å². The van der Waals surface area contributed by atoms with Crippen LogP contribution in [-0.2, 0) is 6.54 Å². The molecule has 1 aromatic rings. The molecule has 1 aromatic carbocycles. The minimum absolute atomic E-state index is 0.846. The lowest BCUT2D eigenvalue weighted by Crippen LogP contribution is -2.33. The van der Waals surface area contributed by atoms with E-state index in [2.05, 4.69) is 37.8 Å². The van der Waals surface area contributed by atoms with Gasteiger partial charge in [-0.1, -0.05) is 13.0 Å². The normalized spacial score (nSPS) is 21.0. The van der Waals surface area contributed by atoms with E-state index in [1.165, 1.54) is 42.6 Å². The van der Waals surface area contributed by atoms with Gasteiger partial charge in [0.05, 0.1) is 7.11 Å². The molecule has 100 valence electrons. The first-order valence-electron chi connectivity index (χ1n) is 6.97. The zero-order chi connectivity index (χ0) is 13.1. The van der Waals surface area contributed by atoms with Gasteiger partial charge in [-0.15, -0.1) is 0 Å². The van der Waals surface area contributed by atoms with Crippen LogP contribution >= 0.6 is 0 Å². The molecule has 0 N–H and O–H groups in total. The summed E-state index contributed by atoms with van der Waals surface area (Å²) in [5, 5.41) is 0. The monoisotopic (exact) mass is 247 g/mol. The topological polar surface area (TPSA) is 12.5 Å². The van der Waals surface area contributed by atoms with E-state index in [1.807, 2.05) is 0 Å². The van der Waals surface area contributed by atoms with Crippen molar-refractivity contribution >= 4 is 0 Å². The summed E-state index contributed by atoms with van der Waals surface area (Å²) in [5.74, 6) is 1.85. The lowest BCUT2D eigenvalue weighted by atomic mass is 9.98. The van der Waals surface area contributed by atoms with Gasteiger partial charge in [0.2, 0.25) is 0 Å². The number of hydrogen-bond acceptors (Lipinski definition) is 2. The summed E-state index contributed by atoms with van der Waals surface area (Å²) in [7, 11) is 1.74. The van der Waals surface area contributed by atoms with Crippen LogP contribution in [0.1, 0.15) is 36.5 Å². The predicted molar refractivity (Wildman–Crippen MR) is 76.1 cm³/mol. The smallest absolute Gasteiger partial charge is 0.122 e. The van der Waals surface area contributed by atoms with E-state index in [1.54, 1.807) is 7.11 Å². The van der Waals surface area contributed by atoms with Crippen molar-refractivity contribution in [3.05, 3.63) is 28.8 Å². The van der Waals surface area contributed by atoms with Crippen LogP contribution in [-0.4, -0.2) is 25.1 Å². The summed E-state index contributed by atoms with van der Waals surface area (Å²) in [5.41, 5.74) is 4.11. The quantitative estimate of drug-likeness (QED) is 0.810. The van der Waals surface area contributed by atoms with Gasteiger partial charge in [-0.05, 0) is 61.9 Å². The Morgan fingerprint density at radius 3 is 2.72 bits per heavy atom. The van der Waals surface area contributed by atoms with Gasteiger partial charge in [0.1, 0.15) is 5.75 Å². The molecule has 18 heavy (non-hydrogen) atoms. The predicted octanol–water partition coefficient (Wildman–Crippen LogP) is 3.54. The minimum Gasteiger partial charge on any atom is -0.496 e. The van der Waals surface area contributed by atoms with Crippen LogP contribution in [0, 0.1) is 19.8 Å². The van der Waals surface area contributed by atoms with Crippen LogP contribution in [0.15, 0.2) is 12.1 Å². The van der Waals surface area contributed by atoms with Crippen molar-refractivity contribution < 1.29 is 4.74 Å². The van der Waals surface area contributed by atoms with E-state index in [0.717, 1.165) is 18.2 Å². The van der Waals surface area contributed by atoms with Crippen LogP contribution in [0.4, 0.5) is 0 Å². The van der Waals surface area contributed by atoms with Gasteiger partial charge >= 0.3 is 0 Å². The Morgan fingerprint density at radius 1 is 1.28 bits per heavy atom. The van der Waals surface area contributed by atoms with E-state index in [9.17, 15) is 0 Å². The first-order chi connectivity index (χ1) is 8.61. The number of nitrogens with zero attached hydrogens (tertiary/aromatic N) is 1. The molecule has 2 heteroatoms. The average Bonchev–Trinajstić information content (AvgIpc) is 2.35. The number of piperidine rings is 1. The second-order valence-corrected chi connectivity index (χ2v) is 5.66. The standard InChI is InChI=1S/C16H25NO/c1-12-6-5-9-17(10-12)11-15-7-8-16(18-4)14(3)13(15)2/h7-8,12H,5-6,9-11H2,1-4H3. The third-order valence-electron chi connectivity index (χ3n) is 4.20. The molecule has 1 aliphatic rings. The zero-order valence-electron chi connectivity index (χ0n) is 12.1. The molecule has 0 aromatic heterocycles. The number of methoxy groups -OCH3 is 1. The second-order valence-electron chi connectivity index (χ2n) is 5.66. The Bertz CT molecular complexity index is 414. The zero-order valence-corrected chi connectivity index (χ0v) is 12.1. The molecule has 1 fully saturated rings. The molecule has 1 heterocycles. The molecule has 2 rings (SSSR count). The van der Waals surface area contributed by atoms with Crippen LogP contribution in [0.25, 0.3) is 0 Å². The molecule has 1 saturated heterocycles. The van der Waals surface area contributed by atoms with Gasteiger partial charge in [0.25, 0.3) is 0 Å². The number of ether oxygens (including phenoxy) is 1. The number of likely N-dealkylation sites (tertiary alicyclic amines) is 1. The highest BCUT2D eigenvalue weighted by Gasteiger charge is 2.17. The summed E-state index contributed by atoms with van der Waals surface area (Å²) >= 11 is 0. The summed E-state index contributed by atoms with van der Waals surface area (Å²) in [6.07, 6.45) is 2.73.